The monoisotopic (exact) mass is 168 g/mol. The molecule has 0 saturated carbocycles. The highest BCUT2D eigenvalue weighted by atomic mass is 16.5. The first kappa shape index (κ1) is 10.8. The number of nitrogens with one attached hydrogen (secondary N) is 1. The van der Waals surface area contributed by atoms with Gasteiger partial charge in [0.2, 0.25) is 0 Å². The summed E-state index contributed by atoms with van der Waals surface area (Å²) >= 11 is 0. The maximum Gasteiger partial charge on any atom is 0.160 e. The van der Waals surface area contributed by atoms with Crippen molar-refractivity contribution >= 4 is 5.69 Å². The average molecular weight is 168 g/mol. The molecule has 0 amide bonds. The molecule has 1 aromatic heterocycles. The zero-order chi connectivity index (χ0) is 9.40. The van der Waals surface area contributed by atoms with Crippen LogP contribution in [-0.2, 0) is 0 Å². The minimum atomic E-state index is 0.769. The Morgan fingerprint density at radius 2 is 2.08 bits per heavy atom. The van der Waals surface area contributed by atoms with E-state index in [4.69, 9.17) is 4.74 Å². The first-order valence-corrected chi connectivity index (χ1v) is 4.04. The zero-order valence-electron chi connectivity index (χ0n) is 8.09. The van der Waals surface area contributed by atoms with Crippen LogP contribution in [0.4, 0.5) is 5.69 Å². The summed E-state index contributed by atoms with van der Waals surface area (Å²) in [6, 6.07) is 1.86. The lowest BCUT2D eigenvalue weighted by atomic mass is 10.4. The van der Waals surface area contributed by atoms with Crippen molar-refractivity contribution in [2.75, 3.05) is 19.5 Å². The van der Waals surface area contributed by atoms with Crippen molar-refractivity contribution in [3.63, 3.8) is 0 Å². The maximum absolute atomic E-state index is 5.01. The van der Waals surface area contributed by atoms with E-state index in [-0.39, 0.29) is 0 Å². The van der Waals surface area contributed by atoms with Crippen molar-refractivity contribution in [3.8, 4) is 5.75 Å². The second kappa shape index (κ2) is 6.46. The number of nitrogens with zero attached hydrogens (tertiary/aromatic N) is 1. The fourth-order valence-corrected chi connectivity index (χ4v) is 0.749. The highest BCUT2D eigenvalue weighted by molar-refractivity contribution is 5.53. The third kappa shape index (κ3) is 2.78. The smallest absolute Gasteiger partial charge is 0.160 e. The normalized spacial score (nSPS) is 8.00. The van der Waals surface area contributed by atoms with Crippen molar-refractivity contribution in [2.45, 2.75) is 13.8 Å². The van der Waals surface area contributed by atoms with Gasteiger partial charge in [-0.25, -0.2) is 0 Å². The molecule has 0 fully saturated rings. The Morgan fingerprint density at radius 3 is 2.50 bits per heavy atom. The Morgan fingerprint density at radius 1 is 1.42 bits per heavy atom. The van der Waals surface area contributed by atoms with E-state index >= 15 is 0 Å². The molecule has 0 aliphatic heterocycles. The van der Waals surface area contributed by atoms with Gasteiger partial charge in [0.1, 0.15) is 0 Å². The van der Waals surface area contributed by atoms with Crippen molar-refractivity contribution in [1.82, 2.24) is 4.98 Å². The Kier molecular flexibility index (Phi) is 5.79. The second-order valence-corrected chi connectivity index (χ2v) is 1.83. The van der Waals surface area contributed by atoms with E-state index < -0.39 is 0 Å². The summed E-state index contributed by atoms with van der Waals surface area (Å²) in [7, 11) is 3.47. The SMILES string of the molecule is CC.CNc1ccncc1OC. The predicted molar refractivity (Wildman–Crippen MR) is 51.7 cm³/mol. The van der Waals surface area contributed by atoms with E-state index in [1.54, 1.807) is 19.5 Å². The number of hydrogen-bond donors (Lipinski definition) is 1. The molecule has 0 aliphatic rings. The lowest BCUT2D eigenvalue weighted by Crippen LogP contribution is -1.93. The molecular formula is C9H16N2O. The van der Waals surface area contributed by atoms with Crippen molar-refractivity contribution in [3.05, 3.63) is 18.5 Å². The molecule has 3 nitrogen and oxygen atoms in total. The van der Waals surface area contributed by atoms with E-state index in [0.717, 1.165) is 11.4 Å². The van der Waals surface area contributed by atoms with Gasteiger partial charge in [0.15, 0.2) is 5.75 Å². The maximum atomic E-state index is 5.01. The van der Waals surface area contributed by atoms with Crippen LogP contribution in [0.25, 0.3) is 0 Å². The molecule has 1 aromatic rings. The Bertz CT molecular complexity index is 190. The number of methoxy groups -OCH3 is 1. The number of rotatable bonds is 2. The van der Waals surface area contributed by atoms with Gasteiger partial charge >= 0.3 is 0 Å². The highest BCUT2D eigenvalue weighted by Crippen LogP contribution is 2.20. The van der Waals surface area contributed by atoms with E-state index in [1.807, 2.05) is 27.0 Å². The summed E-state index contributed by atoms with van der Waals surface area (Å²) in [4.78, 5) is 3.90. The van der Waals surface area contributed by atoms with E-state index in [1.165, 1.54) is 0 Å². The van der Waals surface area contributed by atoms with Crippen LogP contribution in [0.15, 0.2) is 18.5 Å². The van der Waals surface area contributed by atoms with Crippen LogP contribution in [0.5, 0.6) is 5.75 Å². The molecule has 0 saturated heterocycles. The largest absolute Gasteiger partial charge is 0.493 e. The molecule has 3 heteroatoms. The molecule has 1 heterocycles. The number of aromatic nitrogens is 1. The molecule has 0 bridgehead atoms. The lowest BCUT2D eigenvalue weighted by molar-refractivity contribution is 0.415. The third-order valence-corrected chi connectivity index (χ3v) is 1.27. The minimum Gasteiger partial charge on any atom is -0.493 e. The van der Waals surface area contributed by atoms with Crippen molar-refractivity contribution in [2.24, 2.45) is 0 Å². The Balaban J connectivity index is 0.000000561. The summed E-state index contributed by atoms with van der Waals surface area (Å²) in [6.07, 6.45) is 3.39. The Labute approximate surface area is 73.8 Å². The molecule has 1 N–H and O–H groups in total. The average Bonchev–Trinajstić information content (AvgIpc) is 2.20. The van der Waals surface area contributed by atoms with Gasteiger partial charge in [-0.15, -0.1) is 0 Å². The van der Waals surface area contributed by atoms with Gasteiger partial charge in [-0.1, -0.05) is 13.8 Å². The highest BCUT2D eigenvalue weighted by Gasteiger charge is 1.96. The predicted octanol–water partition coefficient (Wildman–Crippen LogP) is 2.16. The fraction of sp³-hybridized carbons (Fsp3) is 0.444. The number of anilines is 1. The van der Waals surface area contributed by atoms with Gasteiger partial charge in [-0.3, -0.25) is 4.98 Å². The van der Waals surface area contributed by atoms with E-state index in [0.29, 0.717) is 0 Å². The molecule has 0 spiro atoms. The summed E-state index contributed by atoms with van der Waals surface area (Å²) in [5, 5.41) is 2.98. The molecule has 0 atom stereocenters. The fourth-order valence-electron chi connectivity index (χ4n) is 0.749. The van der Waals surface area contributed by atoms with Crippen molar-refractivity contribution < 1.29 is 4.74 Å². The van der Waals surface area contributed by atoms with E-state index in [9.17, 15) is 0 Å². The number of pyridine rings is 1. The second-order valence-electron chi connectivity index (χ2n) is 1.83. The van der Waals surface area contributed by atoms with Gasteiger partial charge in [0.05, 0.1) is 19.0 Å². The minimum absolute atomic E-state index is 0.769. The summed E-state index contributed by atoms with van der Waals surface area (Å²) < 4.78 is 5.01. The van der Waals surface area contributed by atoms with Crippen LogP contribution in [0, 0.1) is 0 Å². The topological polar surface area (TPSA) is 34.2 Å². The first-order chi connectivity index (χ1) is 5.88. The summed E-state index contributed by atoms with van der Waals surface area (Å²) in [6.45, 7) is 4.00. The molecule has 0 aromatic carbocycles. The number of ether oxygens (including phenoxy) is 1. The third-order valence-electron chi connectivity index (χ3n) is 1.27. The number of hydrogen-bond acceptors (Lipinski definition) is 3. The summed E-state index contributed by atoms with van der Waals surface area (Å²) in [5.74, 6) is 0.769. The van der Waals surface area contributed by atoms with Crippen LogP contribution in [0.1, 0.15) is 13.8 Å². The van der Waals surface area contributed by atoms with Gasteiger partial charge in [-0.2, -0.15) is 0 Å². The molecule has 1 rings (SSSR count). The van der Waals surface area contributed by atoms with Gasteiger partial charge in [0.25, 0.3) is 0 Å². The van der Waals surface area contributed by atoms with Gasteiger partial charge in [-0.05, 0) is 6.07 Å². The molecule has 0 unspecified atom stereocenters. The summed E-state index contributed by atoms with van der Waals surface area (Å²) in [5.41, 5.74) is 0.956. The molecular weight excluding hydrogens is 152 g/mol. The molecule has 0 radical (unpaired) electrons. The molecule has 68 valence electrons. The van der Waals surface area contributed by atoms with Crippen LogP contribution in [0.3, 0.4) is 0 Å². The standard InChI is InChI=1S/C7H10N2O.C2H6/c1-8-6-3-4-9-5-7(6)10-2;1-2/h3-5H,1-2H3,(H,8,9);1-2H3. The van der Waals surface area contributed by atoms with Crippen LogP contribution in [-0.4, -0.2) is 19.1 Å². The Hall–Kier alpha value is -1.25. The van der Waals surface area contributed by atoms with Crippen LogP contribution in [0.2, 0.25) is 0 Å². The van der Waals surface area contributed by atoms with Crippen LogP contribution >= 0.6 is 0 Å². The van der Waals surface area contributed by atoms with E-state index in [2.05, 4.69) is 10.3 Å². The molecule has 0 aliphatic carbocycles. The van der Waals surface area contributed by atoms with Crippen molar-refractivity contribution in [1.29, 1.82) is 0 Å². The lowest BCUT2D eigenvalue weighted by Gasteiger charge is -2.04. The first-order valence-electron chi connectivity index (χ1n) is 4.04. The van der Waals surface area contributed by atoms with Gasteiger partial charge < -0.3 is 10.1 Å². The quantitative estimate of drug-likeness (QED) is 0.734. The van der Waals surface area contributed by atoms with Crippen LogP contribution < -0.4 is 10.1 Å². The van der Waals surface area contributed by atoms with Gasteiger partial charge in [0, 0.05) is 13.2 Å². The zero-order valence-corrected chi connectivity index (χ0v) is 8.09. The molecule has 12 heavy (non-hydrogen) atoms.